The largest absolute Gasteiger partial charge is 0.373 e. The molecule has 15 heavy (non-hydrogen) atoms. The third-order valence-corrected chi connectivity index (χ3v) is 4.27. The molecule has 1 heterocycles. The third-order valence-electron chi connectivity index (χ3n) is 2.22. The summed E-state index contributed by atoms with van der Waals surface area (Å²) in [6.45, 7) is 1.50. The number of hydrogen-bond donors (Lipinski definition) is 1. The van der Waals surface area contributed by atoms with Gasteiger partial charge in [0, 0.05) is 5.02 Å². The van der Waals surface area contributed by atoms with Crippen molar-refractivity contribution in [1.29, 1.82) is 0 Å². The number of sulfone groups is 1. The first-order valence-electron chi connectivity index (χ1n) is 4.28. The number of anilines is 1. The smallest absolute Gasteiger partial charge is 0.272 e. The minimum Gasteiger partial charge on any atom is -0.373 e. The average Bonchev–Trinajstić information content (AvgIpc) is 2.14. The van der Waals surface area contributed by atoms with Gasteiger partial charge in [0.15, 0.2) is 0 Å². The van der Waals surface area contributed by atoms with Gasteiger partial charge in [-0.15, -0.1) is 0 Å². The number of halogens is 1. The Labute approximate surface area is 92.2 Å². The molecule has 0 saturated heterocycles. The Morgan fingerprint density at radius 3 is 2.73 bits per heavy atom. The lowest BCUT2D eigenvalue weighted by Crippen LogP contribution is -2.37. The maximum Gasteiger partial charge on any atom is 0.272 e. The first kappa shape index (κ1) is 10.4. The second kappa shape index (κ2) is 3.21. The third kappa shape index (κ3) is 1.52. The second-order valence-corrected chi connectivity index (χ2v) is 5.61. The number of nitrogens with one attached hydrogen (secondary N) is 1. The topological polar surface area (TPSA) is 63.2 Å². The summed E-state index contributed by atoms with van der Waals surface area (Å²) >= 11 is 5.73. The van der Waals surface area contributed by atoms with Crippen LogP contribution in [0.2, 0.25) is 5.02 Å². The number of hydrogen-bond acceptors (Lipinski definition) is 4. The number of fused-ring (bicyclic) bond motifs is 1. The number of rotatable bonds is 0. The van der Waals surface area contributed by atoms with Crippen molar-refractivity contribution in [2.75, 3.05) is 5.32 Å². The van der Waals surface area contributed by atoms with Crippen LogP contribution in [0.3, 0.4) is 0 Å². The van der Waals surface area contributed by atoms with E-state index in [1.165, 1.54) is 25.1 Å². The number of benzene rings is 1. The van der Waals surface area contributed by atoms with Crippen LogP contribution in [0.5, 0.6) is 0 Å². The van der Waals surface area contributed by atoms with E-state index in [2.05, 4.69) is 5.32 Å². The molecule has 0 aromatic heterocycles. The Hall–Kier alpha value is -1.07. The highest BCUT2D eigenvalue weighted by molar-refractivity contribution is 8.06. The lowest BCUT2D eigenvalue weighted by Gasteiger charge is -2.22. The van der Waals surface area contributed by atoms with Gasteiger partial charge in [0.1, 0.15) is 0 Å². The fraction of sp³-hybridized carbons (Fsp3) is 0.222. The van der Waals surface area contributed by atoms with Crippen molar-refractivity contribution in [2.45, 2.75) is 17.9 Å². The van der Waals surface area contributed by atoms with Gasteiger partial charge in [-0.1, -0.05) is 11.6 Å². The molecule has 6 heteroatoms. The quantitative estimate of drug-likeness (QED) is 0.752. The summed E-state index contributed by atoms with van der Waals surface area (Å²) in [5.41, 5.74) is 0.384. The molecule has 1 aliphatic rings. The van der Waals surface area contributed by atoms with Crippen LogP contribution in [0.15, 0.2) is 23.1 Å². The van der Waals surface area contributed by atoms with Crippen LogP contribution in [0.1, 0.15) is 6.92 Å². The molecule has 0 aliphatic carbocycles. The molecule has 4 nitrogen and oxygen atoms in total. The zero-order valence-electron chi connectivity index (χ0n) is 7.82. The van der Waals surface area contributed by atoms with Gasteiger partial charge in [-0.2, -0.15) is 0 Å². The van der Waals surface area contributed by atoms with Crippen LogP contribution in [-0.4, -0.2) is 19.6 Å². The molecule has 0 saturated carbocycles. The molecule has 1 unspecified atom stereocenters. The molecule has 1 aromatic carbocycles. The van der Waals surface area contributed by atoms with Gasteiger partial charge in [0.05, 0.1) is 16.6 Å². The minimum atomic E-state index is -3.85. The van der Waals surface area contributed by atoms with Crippen LogP contribution in [-0.2, 0) is 14.6 Å². The molecule has 0 spiro atoms. The van der Waals surface area contributed by atoms with E-state index in [1.54, 1.807) is 0 Å². The van der Waals surface area contributed by atoms with Crippen LogP contribution >= 0.6 is 11.6 Å². The van der Waals surface area contributed by atoms with Crippen LogP contribution in [0.25, 0.3) is 0 Å². The predicted molar refractivity (Wildman–Crippen MR) is 56.7 cm³/mol. The van der Waals surface area contributed by atoms with Crippen LogP contribution < -0.4 is 5.32 Å². The van der Waals surface area contributed by atoms with E-state index in [0.29, 0.717) is 10.7 Å². The first-order valence-corrected chi connectivity index (χ1v) is 6.14. The van der Waals surface area contributed by atoms with Crippen LogP contribution in [0, 0.1) is 0 Å². The van der Waals surface area contributed by atoms with Crippen LogP contribution in [0.4, 0.5) is 5.69 Å². The van der Waals surface area contributed by atoms with Crippen molar-refractivity contribution in [1.82, 2.24) is 0 Å². The van der Waals surface area contributed by atoms with Crippen molar-refractivity contribution in [2.24, 2.45) is 0 Å². The van der Waals surface area contributed by atoms with Crippen molar-refractivity contribution in [3.8, 4) is 0 Å². The molecule has 2 rings (SSSR count). The second-order valence-electron chi connectivity index (χ2n) is 3.33. The monoisotopic (exact) mass is 245 g/mol. The van der Waals surface area contributed by atoms with Crippen molar-refractivity contribution >= 4 is 32.2 Å². The molecule has 0 bridgehead atoms. The van der Waals surface area contributed by atoms with Gasteiger partial charge in [0.25, 0.3) is 5.12 Å². The Bertz CT molecular complexity index is 538. The summed E-state index contributed by atoms with van der Waals surface area (Å²) in [6.07, 6.45) is 0. The normalized spacial score (nSPS) is 23.1. The summed E-state index contributed by atoms with van der Waals surface area (Å²) < 4.78 is 23.4. The van der Waals surface area contributed by atoms with E-state index in [-0.39, 0.29) is 4.90 Å². The minimum absolute atomic E-state index is 0.00463. The highest BCUT2D eigenvalue weighted by Gasteiger charge is 2.36. The molecule has 0 amide bonds. The fourth-order valence-corrected chi connectivity index (χ4v) is 3.05. The fourth-order valence-electron chi connectivity index (χ4n) is 1.48. The van der Waals surface area contributed by atoms with E-state index in [0.717, 1.165) is 0 Å². The zero-order chi connectivity index (χ0) is 11.2. The average molecular weight is 246 g/mol. The Morgan fingerprint density at radius 2 is 2.07 bits per heavy atom. The Morgan fingerprint density at radius 1 is 1.40 bits per heavy atom. The van der Waals surface area contributed by atoms with E-state index < -0.39 is 21.0 Å². The lowest BCUT2D eigenvalue weighted by molar-refractivity contribution is -0.112. The molecule has 1 atom stereocenters. The van der Waals surface area contributed by atoms with E-state index in [9.17, 15) is 13.2 Å². The standard InChI is InChI=1S/C9H8ClNO3S/c1-5-9(12)15(13,14)8-3-2-6(10)4-7(8)11-5/h2-5,11H,1H3. The molecule has 0 fully saturated rings. The van der Waals surface area contributed by atoms with Gasteiger partial charge in [-0.25, -0.2) is 8.42 Å². The SMILES string of the molecule is CC1Nc2cc(Cl)ccc2S(=O)(=O)C1=O. The number of carbonyl (C=O) groups excluding carboxylic acids is 1. The van der Waals surface area contributed by atoms with Gasteiger partial charge in [-0.05, 0) is 25.1 Å². The first-order chi connectivity index (χ1) is 6.93. The van der Waals surface area contributed by atoms with E-state index >= 15 is 0 Å². The molecular formula is C9H8ClNO3S. The van der Waals surface area contributed by atoms with E-state index in [1.807, 2.05) is 0 Å². The summed E-state index contributed by atoms with van der Waals surface area (Å²) in [6, 6.07) is 3.55. The molecule has 80 valence electrons. The van der Waals surface area contributed by atoms with Gasteiger partial charge < -0.3 is 5.32 Å². The Balaban J connectivity index is 2.72. The van der Waals surface area contributed by atoms with Crippen molar-refractivity contribution in [3.63, 3.8) is 0 Å². The van der Waals surface area contributed by atoms with Crippen molar-refractivity contribution in [3.05, 3.63) is 23.2 Å². The summed E-state index contributed by atoms with van der Waals surface area (Å²) in [5.74, 6) is 0. The van der Waals surface area contributed by atoms with Crippen molar-refractivity contribution < 1.29 is 13.2 Å². The maximum absolute atomic E-state index is 11.7. The summed E-state index contributed by atoms with van der Waals surface area (Å²) in [7, 11) is -3.85. The molecule has 0 radical (unpaired) electrons. The number of carbonyl (C=O) groups is 1. The Kier molecular flexibility index (Phi) is 2.24. The lowest BCUT2D eigenvalue weighted by atomic mass is 10.2. The highest BCUT2D eigenvalue weighted by atomic mass is 35.5. The van der Waals surface area contributed by atoms with Gasteiger partial charge >= 0.3 is 0 Å². The molecule has 1 aliphatic heterocycles. The van der Waals surface area contributed by atoms with Gasteiger partial charge in [-0.3, -0.25) is 4.79 Å². The molecule has 1 N–H and O–H groups in total. The predicted octanol–water partition coefficient (Wildman–Crippen LogP) is 1.45. The molecule has 1 aromatic rings. The van der Waals surface area contributed by atoms with E-state index in [4.69, 9.17) is 11.6 Å². The summed E-state index contributed by atoms with van der Waals surface area (Å²) in [5, 5.41) is 2.41. The zero-order valence-corrected chi connectivity index (χ0v) is 9.39. The van der Waals surface area contributed by atoms with Gasteiger partial charge in [0.2, 0.25) is 9.84 Å². The maximum atomic E-state index is 11.7. The highest BCUT2D eigenvalue weighted by Crippen LogP contribution is 2.31. The summed E-state index contributed by atoms with van der Waals surface area (Å²) in [4.78, 5) is 11.4. The molecular weight excluding hydrogens is 238 g/mol.